The van der Waals surface area contributed by atoms with E-state index in [-0.39, 0.29) is 0 Å². The van der Waals surface area contributed by atoms with Crippen LogP contribution in [0.1, 0.15) is 0 Å². The zero-order valence-electron chi connectivity index (χ0n) is 59.6. The van der Waals surface area contributed by atoms with Crippen molar-refractivity contribution in [1.29, 1.82) is 0 Å². The first kappa shape index (κ1) is 63.7. The second-order valence-corrected chi connectivity index (χ2v) is 28.2. The van der Waals surface area contributed by atoms with Gasteiger partial charge in [-0.15, -0.1) is 0 Å². The van der Waals surface area contributed by atoms with Gasteiger partial charge in [0.2, 0.25) is 0 Å². The lowest BCUT2D eigenvalue weighted by molar-refractivity contribution is 0.668. The fourth-order valence-electron chi connectivity index (χ4n) is 16.3. The lowest BCUT2D eigenvalue weighted by atomic mass is 9.98. The maximum absolute atomic E-state index is 6.39. The van der Waals surface area contributed by atoms with Crippen LogP contribution in [0.2, 0.25) is 0 Å². The van der Waals surface area contributed by atoms with Gasteiger partial charge in [0, 0.05) is 87.7 Å². The summed E-state index contributed by atoms with van der Waals surface area (Å²) in [5.41, 5.74) is 27.7. The van der Waals surface area contributed by atoms with Crippen molar-refractivity contribution >= 4 is 143 Å². The second-order valence-electron chi connectivity index (χ2n) is 28.2. The minimum absolute atomic E-state index is 0.906. The van der Waals surface area contributed by atoms with Crippen molar-refractivity contribution in [2.24, 2.45) is 0 Å². The van der Waals surface area contributed by atoms with E-state index in [1.807, 2.05) is 48.5 Å². The van der Waals surface area contributed by atoms with E-state index < -0.39 is 0 Å². The van der Waals surface area contributed by atoms with Gasteiger partial charge in [-0.2, -0.15) is 0 Å². The van der Waals surface area contributed by atoms with Crippen LogP contribution in [0.5, 0.6) is 0 Å². The normalized spacial score (nSPS) is 11.6. The van der Waals surface area contributed by atoms with Crippen LogP contribution in [0.15, 0.2) is 418 Å². The molecule has 6 nitrogen and oxygen atoms in total. The third kappa shape index (κ3) is 11.3. The molecular formula is C104H66N2O4. The van der Waals surface area contributed by atoms with Gasteiger partial charge >= 0.3 is 0 Å². The van der Waals surface area contributed by atoms with Crippen molar-refractivity contribution in [3.63, 3.8) is 0 Å². The van der Waals surface area contributed by atoms with Gasteiger partial charge in [0.05, 0.1) is 11.4 Å². The van der Waals surface area contributed by atoms with Crippen molar-refractivity contribution in [3.05, 3.63) is 400 Å². The molecule has 4 heterocycles. The summed E-state index contributed by atoms with van der Waals surface area (Å²) in [5, 5.41) is 13.9. The van der Waals surface area contributed by atoms with Crippen molar-refractivity contribution in [2.45, 2.75) is 0 Å². The molecular weight excluding hydrogens is 1340 g/mol. The van der Waals surface area contributed by atoms with Crippen molar-refractivity contribution in [1.82, 2.24) is 0 Å². The number of para-hydroxylation sites is 6. The maximum atomic E-state index is 6.39. The van der Waals surface area contributed by atoms with Gasteiger partial charge in [-0.25, -0.2) is 0 Å². The molecule has 18 aromatic carbocycles. The molecule has 22 rings (SSSR count). The van der Waals surface area contributed by atoms with Gasteiger partial charge in [0.25, 0.3) is 0 Å². The first-order valence-electron chi connectivity index (χ1n) is 37.3. The summed E-state index contributed by atoms with van der Waals surface area (Å²) in [6.07, 6.45) is 0. The summed E-state index contributed by atoms with van der Waals surface area (Å²) in [6.45, 7) is 0. The third-order valence-electron chi connectivity index (χ3n) is 21.8. The average Bonchev–Trinajstić information content (AvgIpc) is 1.55. The van der Waals surface area contributed by atoms with Crippen LogP contribution in [0.4, 0.5) is 34.1 Å². The maximum Gasteiger partial charge on any atom is 0.143 e. The van der Waals surface area contributed by atoms with E-state index in [4.69, 9.17) is 17.7 Å². The highest BCUT2D eigenvalue weighted by Crippen LogP contribution is 2.46. The zero-order chi connectivity index (χ0) is 72.6. The number of benzene rings is 18. The molecule has 110 heavy (non-hydrogen) atoms. The Bertz CT molecular complexity index is 7240. The molecule has 0 saturated heterocycles. The largest absolute Gasteiger partial charge is 0.456 e. The Morgan fingerprint density at radius 1 is 0.155 bits per heavy atom. The third-order valence-corrected chi connectivity index (χ3v) is 21.8. The van der Waals surface area contributed by atoms with Crippen molar-refractivity contribution in [3.8, 4) is 66.8 Å². The Labute approximate surface area is 634 Å². The van der Waals surface area contributed by atoms with E-state index >= 15 is 0 Å². The predicted molar refractivity (Wildman–Crippen MR) is 459 cm³/mol. The van der Waals surface area contributed by atoms with E-state index in [1.54, 1.807) is 0 Å². The van der Waals surface area contributed by atoms with Crippen LogP contribution in [0.3, 0.4) is 0 Å². The van der Waals surface area contributed by atoms with Gasteiger partial charge in [-0.3, -0.25) is 0 Å². The fraction of sp³-hybridized carbons (Fsp3) is 0. The number of nitrogens with zero attached hydrogens (tertiary/aromatic N) is 2. The molecule has 4 aromatic heterocycles. The Morgan fingerprint density at radius 2 is 0.400 bits per heavy atom. The number of hydrogen-bond acceptors (Lipinski definition) is 6. The Hall–Kier alpha value is -14.7. The standard InChI is InChI=1S/2C52H33NO2/c1-2-11-42-37(9-1)10-7-16-48(42)53(41-30-25-36(26-31-41)39-27-32-51-47(33-39)45-13-4-5-17-49(45)54-51)40-28-23-35(24-29-40)34-19-21-38(22-20-34)43-14-8-15-46-44-12-3-6-18-50(44)55-52(43)46;1-2-11-42-37(9-1)10-7-16-48(42)53(41-30-25-38(26-31-41)43-14-8-15-46-44-12-3-6-18-50(44)55-52(43)46)40-28-23-35(24-29-40)34-19-21-36(22-20-34)39-27-32-51-47(33-39)45-13-4-5-17-49(45)54-51/h2*1-33H. The Kier molecular flexibility index (Phi) is 15.5. The Balaban J connectivity index is 0.000000140. The average molecular weight is 1410 g/mol. The predicted octanol–water partition coefficient (Wildman–Crippen LogP) is 30.2. The van der Waals surface area contributed by atoms with Gasteiger partial charge < -0.3 is 27.5 Å². The highest BCUT2D eigenvalue weighted by molar-refractivity contribution is 6.12. The molecule has 0 radical (unpaired) electrons. The number of fused-ring (bicyclic) bond motifs is 14. The smallest absolute Gasteiger partial charge is 0.143 e. The number of rotatable bonds is 12. The van der Waals surface area contributed by atoms with Crippen LogP contribution in [0.25, 0.3) is 176 Å². The van der Waals surface area contributed by atoms with Crippen LogP contribution < -0.4 is 9.80 Å². The molecule has 22 aromatic rings. The molecule has 0 aliphatic carbocycles. The summed E-state index contributed by atoms with van der Waals surface area (Å²) in [4.78, 5) is 4.72. The van der Waals surface area contributed by atoms with E-state index in [2.05, 4.69) is 362 Å². The van der Waals surface area contributed by atoms with E-state index in [9.17, 15) is 0 Å². The molecule has 6 heteroatoms. The minimum Gasteiger partial charge on any atom is -0.456 e. The first-order valence-corrected chi connectivity index (χ1v) is 37.3. The van der Waals surface area contributed by atoms with Crippen LogP contribution in [-0.4, -0.2) is 0 Å². The number of hydrogen-bond donors (Lipinski definition) is 0. The molecule has 0 saturated carbocycles. The van der Waals surface area contributed by atoms with E-state index in [1.165, 1.54) is 43.8 Å². The number of anilines is 6. The summed E-state index contributed by atoms with van der Waals surface area (Å²) < 4.78 is 24.9. The van der Waals surface area contributed by atoms with Gasteiger partial charge in [-0.05, 0) is 176 Å². The highest BCUT2D eigenvalue weighted by Gasteiger charge is 2.21. The molecule has 0 aliphatic rings. The van der Waals surface area contributed by atoms with Gasteiger partial charge in [0.15, 0.2) is 0 Å². The van der Waals surface area contributed by atoms with Crippen LogP contribution >= 0.6 is 0 Å². The fourth-order valence-corrected chi connectivity index (χ4v) is 16.3. The lowest BCUT2D eigenvalue weighted by Crippen LogP contribution is -2.10. The molecule has 0 unspecified atom stereocenters. The molecule has 0 bridgehead atoms. The molecule has 0 amide bonds. The molecule has 516 valence electrons. The molecule has 0 aliphatic heterocycles. The van der Waals surface area contributed by atoms with E-state index in [0.717, 1.165) is 166 Å². The summed E-state index contributed by atoms with van der Waals surface area (Å²) in [7, 11) is 0. The molecule has 0 atom stereocenters. The zero-order valence-corrected chi connectivity index (χ0v) is 59.6. The summed E-state index contributed by atoms with van der Waals surface area (Å²) in [5.74, 6) is 0. The summed E-state index contributed by atoms with van der Waals surface area (Å²) >= 11 is 0. The topological polar surface area (TPSA) is 59.0 Å². The monoisotopic (exact) mass is 1410 g/mol. The van der Waals surface area contributed by atoms with Gasteiger partial charge in [0.1, 0.15) is 44.7 Å². The number of furan rings is 4. The molecule has 0 spiro atoms. The highest BCUT2D eigenvalue weighted by atomic mass is 16.3. The lowest BCUT2D eigenvalue weighted by Gasteiger charge is -2.27. The van der Waals surface area contributed by atoms with Crippen LogP contribution in [-0.2, 0) is 0 Å². The second kappa shape index (κ2) is 26.7. The SMILES string of the molecule is c1ccc2c(N(c3ccc(-c4ccc(-c5ccc6oc7ccccc7c6c5)cc4)cc3)c3ccc(-c4cccc5c4oc4ccccc45)cc3)cccc2c1.c1ccc2c(N(c3ccc(-c4ccc(-c5cccc6c5oc5ccccc56)cc4)cc3)c3ccc(-c4ccc5oc6ccccc6c5c4)cc3)cccc2c1. The van der Waals surface area contributed by atoms with Crippen molar-refractivity contribution in [2.75, 3.05) is 9.80 Å². The van der Waals surface area contributed by atoms with E-state index in [0.29, 0.717) is 0 Å². The first-order chi connectivity index (χ1) is 54.5. The molecule has 0 N–H and O–H groups in total. The van der Waals surface area contributed by atoms with Crippen LogP contribution in [0, 0.1) is 0 Å². The Morgan fingerprint density at radius 3 is 0.773 bits per heavy atom. The molecule has 0 fully saturated rings. The van der Waals surface area contributed by atoms with Crippen molar-refractivity contribution < 1.29 is 17.7 Å². The van der Waals surface area contributed by atoms with Gasteiger partial charge in [-0.1, -0.05) is 291 Å². The summed E-state index contributed by atoms with van der Waals surface area (Å²) in [6, 6.07) is 142. The quantitative estimate of drug-likeness (QED) is 0.121. The minimum atomic E-state index is 0.906.